The maximum Gasteiger partial charge on any atom is 0.340 e. The van der Waals surface area contributed by atoms with Gasteiger partial charge in [0.25, 0.3) is 10.1 Å². The predicted molar refractivity (Wildman–Crippen MR) is 151 cm³/mol. The van der Waals surface area contributed by atoms with Gasteiger partial charge >= 0.3 is 5.97 Å². The van der Waals surface area contributed by atoms with Gasteiger partial charge in [0, 0.05) is 53.8 Å². The molecule has 2 heterocycles. The fourth-order valence-electron chi connectivity index (χ4n) is 4.29. The summed E-state index contributed by atoms with van der Waals surface area (Å²) in [4.78, 5) is 17.5. The summed E-state index contributed by atoms with van der Waals surface area (Å²) in [6, 6.07) is 13.5. The number of aryl methyl sites for hydroxylation is 1. The van der Waals surface area contributed by atoms with Crippen LogP contribution < -0.4 is 5.32 Å². The first-order valence-corrected chi connectivity index (χ1v) is 15.6. The minimum absolute atomic E-state index is 0.00605. The van der Waals surface area contributed by atoms with Crippen molar-refractivity contribution in [3.63, 3.8) is 0 Å². The van der Waals surface area contributed by atoms with Crippen molar-refractivity contribution in [3.8, 4) is 16.9 Å². The van der Waals surface area contributed by atoms with E-state index in [-0.39, 0.29) is 29.4 Å². The third-order valence-electron chi connectivity index (χ3n) is 5.92. The van der Waals surface area contributed by atoms with Crippen LogP contribution in [0.3, 0.4) is 0 Å². The monoisotopic (exact) mass is 589 g/mol. The van der Waals surface area contributed by atoms with Gasteiger partial charge in [0.1, 0.15) is 5.75 Å². The quantitative estimate of drug-likeness (QED) is 0.205. The number of fused-ring (bicyclic) bond motifs is 1. The molecule has 2 aromatic heterocycles. The van der Waals surface area contributed by atoms with E-state index in [0.717, 1.165) is 0 Å². The summed E-state index contributed by atoms with van der Waals surface area (Å²) < 4.78 is 59.5. The Morgan fingerprint density at radius 1 is 1.10 bits per heavy atom. The third kappa shape index (κ3) is 7.04. The van der Waals surface area contributed by atoms with E-state index in [9.17, 15) is 26.7 Å². The maximum absolute atomic E-state index is 13.3. The highest BCUT2D eigenvalue weighted by molar-refractivity contribution is 7.90. The maximum atomic E-state index is 13.3. The Balaban J connectivity index is 0.000000810. The number of carbonyl (C=O) groups excluding carboxylic acids is 1. The largest absolute Gasteiger partial charge is 0.507 e. The van der Waals surface area contributed by atoms with E-state index in [1.54, 1.807) is 68.3 Å². The van der Waals surface area contributed by atoms with Gasteiger partial charge in [-0.05, 0) is 38.2 Å². The van der Waals surface area contributed by atoms with E-state index >= 15 is 0 Å². The number of nitrogens with zero attached hydrogens (tertiary/aromatic N) is 2. The summed E-state index contributed by atoms with van der Waals surface area (Å²) in [6.45, 7) is 2.06. The number of aromatic nitrogens is 2. The number of hydrogen-bond donors (Lipinski definition) is 3. The van der Waals surface area contributed by atoms with Gasteiger partial charge in [0.15, 0.2) is 9.84 Å². The number of carbonyl (C=O) groups is 1. The number of sulfone groups is 1. The van der Waals surface area contributed by atoms with Crippen LogP contribution in [-0.2, 0) is 44.0 Å². The molecule has 0 bridgehead atoms. The van der Waals surface area contributed by atoms with Gasteiger partial charge in [-0.3, -0.25) is 9.54 Å². The lowest BCUT2D eigenvalue weighted by Gasteiger charge is -2.13. The zero-order valence-corrected chi connectivity index (χ0v) is 24.1. The Labute approximate surface area is 233 Å². The smallest absolute Gasteiger partial charge is 0.340 e. The van der Waals surface area contributed by atoms with Gasteiger partial charge in [-0.2, -0.15) is 8.42 Å². The molecule has 0 saturated carbocycles. The molecule has 0 fully saturated rings. The second-order valence-electron chi connectivity index (χ2n) is 8.82. The van der Waals surface area contributed by atoms with E-state index in [0.29, 0.717) is 39.5 Å². The molecular formula is C27H31N3O8S2. The second-order valence-corrected chi connectivity index (χ2v) is 12.3. The molecule has 214 valence electrons. The Hall–Kier alpha value is -3.78. The Kier molecular flexibility index (Phi) is 9.69. The molecule has 0 saturated heterocycles. The minimum Gasteiger partial charge on any atom is -0.507 e. The molecule has 0 aliphatic carbocycles. The topological polar surface area (TPSA) is 165 Å². The van der Waals surface area contributed by atoms with Crippen molar-refractivity contribution < 1.29 is 36.0 Å². The highest BCUT2D eigenvalue weighted by Crippen LogP contribution is 2.41. The Morgan fingerprint density at radius 3 is 2.30 bits per heavy atom. The van der Waals surface area contributed by atoms with Crippen LogP contribution in [0.25, 0.3) is 22.0 Å². The molecule has 0 amide bonds. The molecule has 13 heteroatoms. The molecule has 0 aliphatic heterocycles. The molecule has 4 rings (SSSR count). The van der Waals surface area contributed by atoms with Crippen molar-refractivity contribution >= 4 is 36.8 Å². The number of phenolic OH excluding ortho intramolecular Hbond substituents is 1. The van der Waals surface area contributed by atoms with Gasteiger partial charge in [0.05, 0.1) is 34.6 Å². The van der Waals surface area contributed by atoms with Crippen molar-refractivity contribution in [3.05, 3.63) is 77.7 Å². The molecular weight excluding hydrogens is 558 g/mol. The molecule has 0 unspecified atom stereocenters. The number of pyridine rings is 1. The summed E-state index contributed by atoms with van der Waals surface area (Å²) in [6.07, 6.45) is 3.99. The van der Waals surface area contributed by atoms with E-state index in [1.165, 1.54) is 12.1 Å². The zero-order valence-electron chi connectivity index (χ0n) is 22.4. The lowest BCUT2D eigenvalue weighted by Crippen LogP contribution is -2.14. The van der Waals surface area contributed by atoms with Crippen LogP contribution in [0.5, 0.6) is 5.75 Å². The van der Waals surface area contributed by atoms with Gasteiger partial charge in [-0.15, -0.1) is 0 Å². The molecule has 0 spiro atoms. The van der Waals surface area contributed by atoms with Crippen molar-refractivity contribution in [2.45, 2.75) is 24.1 Å². The fourth-order valence-corrected chi connectivity index (χ4v) is 5.72. The van der Waals surface area contributed by atoms with Gasteiger partial charge < -0.3 is 19.7 Å². The molecule has 2 aromatic carbocycles. The Morgan fingerprint density at radius 2 is 1.75 bits per heavy atom. The van der Waals surface area contributed by atoms with E-state index in [2.05, 4.69) is 10.3 Å². The molecule has 0 radical (unpaired) electrons. The van der Waals surface area contributed by atoms with Crippen molar-refractivity contribution in [1.82, 2.24) is 14.9 Å². The predicted octanol–water partition coefficient (Wildman–Crippen LogP) is 3.32. The molecule has 3 N–H and O–H groups in total. The number of phenols is 1. The highest BCUT2D eigenvalue weighted by Gasteiger charge is 2.30. The summed E-state index contributed by atoms with van der Waals surface area (Å²) in [5.74, 6) is -1.05. The van der Waals surface area contributed by atoms with Gasteiger partial charge in [0.2, 0.25) is 0 Å². The highest BCUT2D eigenvalue weighted by atomic mass is 32.2. The summed E-state index contributed by atoms with van der Waals surface area (Å²) >= 11 is 0. The molecule has 4 aromatic rings. The van der Waals surface area contributed by atoms with E-state index < -0.39 is 31.7 Å². The van der Waals surface area contributed by atoms with Crippen LogP contribution in [-0.4, -0.2) is 61.9 Å². The van der Waals surface area contributed by atoms with Crippen LogP contribution in [0.1, 0.15) is 28.5 Å². The number of hydrogen-bond acceptors (Lipinski definition) is 9. The van der Waals surface area contributed by atoms with Gasteiger partial charge in [-0.25, -0.2) is 13.2 Å². The first-order chi connectivity index (χ1) is 18.8. The summed E-state index contributed by atoms with van der Waals surface area (Å²) in [7, 11) is -3.99. The number of ether oxygens (including phenoxy) is 1. The summed E-state index contributed by atoms with van der Waals surface area (Å²) in [5.41, 5.74) is 2.74. The van der Waals surface area contributed by atoms with Crippen molar-refractivity contribution in [2.75, 3.05) is 19.9 Å². The normalized spacial score (nSPS) is 11.6. The first kappa shape index (κ1) is 30.8. The number of aromatic hydroxyl groups is 1. The van der Waals surface area contributed by atoms with Crippen LogP contribution in [0.4, 0.5) is 0 Å². The third-order valence-corrected chi connectivity index (χ3v) is 7.56. The average Bonchev–Trinajstić information content (AvgIpc) is 3.16. The number of benzene rings is 2. The molecule has 0 atom stereocenters. The first-order valence-electron chi connectivity index (χ1n) is 12.1. The van der Waals surface area contributed by atoms with Crippen LogP contribution in [0.15, 0.2) is 65.8 Å². The molecule has 0 aliphatic rings. The lowest BCUT2D eigenvalue weighted by molar-refractivity contribution is 0.0527. The Bertz CT molecular complexity index is 1710. The van der Waals surface area contributed by atoms with E-state index in [1.807, 2.05) is 6.07 Å². The molecule has 11 nitrogen and oxygen atoms in total. The van der Waals surface area contributed by atoms with Crippen LogP contribution in [0.2, 0.25) is 0 Å². The van der Waals surface area contributed by atoms with Gasteiger partial charge in [-0.1, -0.05) is 24.3 Å². The van der Waals surface area contributed by atoms with Crippen molar-refractivity contribution in [1.29, 1.82) is 0 Å². The standard InChI is InChI=1S/C26H27N3O5S.CH4O3S/c1-4-34-26(31)24-22(16-35(32,33)18-10-6-5-7-11-18)29(3)21-13-19(17-9-8-12-28-14-17)25(30)20(15-27-2)23(21)24;1-5(2,3)4/h5-14,27,30H,4,15-16H2,1-3H3;1H3,(H,2,3,4). The fraction of sp³-hybridized carbons (Fsp3) is 0.259. The van der Waals surface area contributed by atoms with Crippen LogP contribution >= 0.6 is 0 Å². The lowest BCUT2D eigenvalue weighted by atomic mass is 9.97. The SMILES string of the molecule is CCOC(=O)c1c(CS(=O)(=O)c2ccccc2)n(C)c2cc(-c3cccnc3)c(O)c(CNC)c12.CS(=O)(=O)O. The molecule has 40 heavy (non-hydrogen) atoms. The number of esters is 1. The zero-order chi connectivity index (χ0) is 29.7. The summed E-state index contributed by atoms with van der Waals surface area (Å²) in [5, 5.41) is 14.8. The second kappa shape index (κ2) is 12.6. The van der Waals surface area contributed by atoms with E-state index in [4.69, 9.17) is 9.29 Å². The average molecular weight is 590 g/mol. The van der Waals surface area contributed by atoms with Crippen molar-refractivity contribution in [2.24, 2.45) is 7.05 Å². The minimum atomic E-state index is -3.77. The number of nitrogens with one attached hydrogen (secondary N) is 1. The number of rotatable bonds is 8. The van der Waals surface area contributed by atoms with Crippen LogP contribution in [0, 0.1) is 0 Å².